The van der Waals surface area contributed by atoms with Gasteiger partial charge in [-0.3, -0.25) is 14.4 Å². The molecule has 0 bridgehead atoms. The quantitative estimate of drug-likeness (QED) is 0.0357. The predicted octanol–water partition coefficient (Wildman–Crippen LogP) is 13.8. The summed E-state index contributed by atoms with van der Waals surface area (Å²) in [5, 5.41) is 0. The number of esters is 3. The number of hydrogen-bond acceptors (Lipinski definition) is 6. The van der Waals surface area contributed by atoms with Gasteiger partial charge >= 0.3 is 17.9 Å². The van der Waals surface area contributed by atoms with E-state index in [4.69, 9.17) is 14.2 Å². The van der Waals surface area contributed by atoms with E-state index in [9.17, 15) is 14.4 Å². The molecule has 1 unspecified atom stereocenters. The zero-order valence-electron chi connectivity index (χ0n) is 34.7. The lowest BCUT2D eigenvalue weighted by Crippen LogP contribution is -2.30. The third-order valence-electron chi connectivity index (χ3n) is 10.3. The number of rotatable bonds is 39. The summed E-state index contributed by atoms with van der Waals surface area (Å²) in [5.41, 5.74) is 0. The summed E-state index contributed by atoms with van der Waals surface area (Å²) in [4.78, 5) is 37.4. The summed E-state index contributed by atoms with van der Waals surface area (Å²) in [6.45, 7) is 11.3. The van der Waals surface area contributed by atoms with E-state index in [0.717, 1.165) is 76.0 Å². The smallest absolute Gasteiger partial charge is 0.306 e. The van der Waals surface area contributed by atoms with Gasteiger partial charge in [-0.05, 0) is 31.1 Å². The highest BCUT2D eigenvalue weighted by molar-refractivity contribution is 5.71. The van der Waals surface area contributed by atoms with Gasteiger partial charge in [-0.2, -0.15) is 0 Å². The van der Waals surface area contributed by atoms with Gasteiger partial charge in [0.1, 0.15) is 13.2 Å². The lowest BCUT2D eigenvalue weighted by Gasteiger charge is -2.18. The molecule has 0 aromatic heterocycles. The molecule has 0 radical (unpaired) electrons. The summed E-state index contributed by atoms with van der Waals surface area (Å²) in [6, 6.07) is 0. The van der Waals surface area contributed by atoms with E-state index >= 15 is 0 Å². The first kappa shape index (κ1) is 49.4. The largest absolute Gasteiger partial charge is 0.462 e. The van der Waals surface area contributed by atoms with Crippen molar-refractivity contribution in [3.05, 3.63) is 0 Å². The van der Waals surface area contributed by atoms with Crippen LogP contribution in [0, 0.1) is 11.8 Å². The minimum atomic E-state index is -0.758. The summed E-state index contributed by atoms with van der Waals surface area (Å²) >= 11 is 0. The van der Waals surface area contributed by atoms with Crippen molar-refractivity contribution in [2.45, 2.75) is 246 Å². The molecule has 0 spiro atoms. The van der Waals surface area contributed by atoms with Crippen LogP contribution in [0.3, 0.4) is 0 Å². The molecule has 0 aliphatic rings. The van der Waals surface area contributed by atoms with Crippen LogP contribution in [0.25, 0.3) is 0 Å². The molecule has 6 nitrogen and oxygen atoms in total. The zero-order chi connectivity index (χ0) is 37.6. The first-order chi connectivity index (χ1) is 24.8. The Labute approximate surface area is 317 Å². The normalized spacial score (nSPS) is 12.6. The van der Waals surface area contributed by atoms with E-state index in [1.165, 1.54) is 122 Å². The highest BCUT2D eigenvalue weighted by Gasteiger charge is 2.19. The molecule has 51 heavy (non-hydrogen) atoms. The van der Waals surface area contributed by atoms with E-state index < -0.39 is 6.10 Å². The maximum absolute atomic E-state index is 12.7. The average Bonchev–Trinajstić information content (AvgIpc) is 3.11. The Bertz CT molecular complexity index is 781. The van der Waals surface area contributed by atoms with Crippen molar-refractivity contribution in [3.63, 3.8) is 0 Å². The number of carbonyl (C=O) groups excluding carboxylic acids is 3. The average molecular weight is 723 g/mol. The fourth-order valence-electron chi connectivity index (χ4n) is 6.54. The first-order valence-corrected chi connectivity index (χ1v) is 22.3. The van der Waals surface area contributed by atoms with E-state index in [-0.39, 0.29) is 31.1 Å². The second-order valence-corrected chi connectivity index (χ2v) is 16.1. The van der Waals surface area contributed by atoms with Crippen molar-refractivity contribution >= 4 is 17.9 Å². The maximum Gasteiger partial charge on any atom is 0.306 e. The minimum absolute atomic E-state index is 0.0660. The van der Waals surface area contributed by atoms with Crippen LogP contribution >= 0.6 is 0 Å². The molecule has 0 aromatic rings. The van der Waals surface area contributed by atoms with E-state index in [1.807, 2.05) is 0 Å². The molecule has 0 saturated heterocycles. The highest BCUT2D eigenvalue weighted by Crippen LogP contribution is 2.17. The number of ether oxygens (including phenoxy) is 3. The Kier molecular flexibility index (Phi) is 37.0. The molecule has 6 heteroatoms. The molecule has 0 amide bonds. The first-order valence-electron chi connectivity index (χ1n) is 22.3. The fourth-order valence-corrected chi connectivity index (χ4v) is 6.54. The van der Waals surface area contributed by atoms with Crippen LogP contribution in [0.15, 0.2) is 0 Å². The van der Waals surface area contributed by atoms with Crippen LogP contribution in [-0.2, 0) is 28.6 Å². The zero-order valence-corrected chi connectivity index (χ0v) is 34.7. The van der Waals surface area contributed by atoms with E-state index in [2.05, 4.69) is 34.6 Å². The lowest BCUT2D eigenvalue weighted by molar-refractivity contribution is -0.167. The van der Waals surface area contributed by atoms with Crippen molar-refractivity contribution in [3.8, 4) is 0 Å². The Balaban J connectivity index is 4.21. The Hall–Kier alpha value is -1.59. The molecular formula is C45H86O6. The van der Waals surface area contributed by atoms with Crippen LogP contribution in [0.4, 0.5) is 0 Å². The van der Waals surface area contributed by atoms with Gasteiger partial charge in [0.05, 0.1) is 0 Å². The predicted molar refractivity (Wildman–Crippen MR) is 215 cm³/mol. The molecule has 2 atom stereocenters. The number of unbranched alkanes of at least 4 members (excludes halogenated alkanes) is 23. The van der Waals surface area contributed by atoms with E-state index in [0.29, 0.717) is 19.3 Å². The van der Waals surface area contributed by atoms with Crippen LogP contribution in [0.5, 0.6) is 0 Å². The Morgan fingerprint density at radius 3 is 1.12 bits per heavy atom. The van der Waals surface area contributed by atoms with Crippen molar-refractivity contribution in [1.82, 2.24) is 0 Å². The second-order valence-electron chi connectivity index (χ2n) is 16.1. The highest BCUT2D eigenvalue weighted by atomic mass is 16.6. The Morgan fingerprint density at radius 2 is 0.745 bits per heavy atom. The standard InChI is InChI=1S/C45H86O6/c1-6-8-9-23-30-35-43(46)49-38-42(51-45(48)37-32-27-22-18-12-10-11-15-19-24-28-33-40(3)4)39-50-44(47)36-31-26-21-17-14-13-16-20-25-29-34-41(5)7-2/h40-42H,6-39H2,1-5H3/t41?,42-/m0/s1. The minimum Gasteiger partial charge on any atom is -0.462 e. The molecule has 0 aliphatic carbocycles. The lowest BCUT2D eigenvalue weighted by atomic mass is 9.99. The van der Waals surface area contributed by atoms with Crippen molar-refractivity contribution in [1.29, 1.82) is 0 Å². The van der Waals surface area contributed by atoms with Gasteiger partial charge in [0, 0.05) is 19.3 Å². The maximum atomic E-state index is 12.7. The van der Waals surface area contributed by atoms with E-state index in [1.54, 1.807) is 0 Å². The number of carbonyl (C=O) groups is 3. The summed E-state index contributed by atoms with van der Waals surface area (Å²) in [5.74, 6) is 0.822. The molecule has 0 heterocycles. The van der Waals surface area contributed by atoms with Gasteiger partial charge in [0.15, 0.2) is 6.10 Å². The van der Waals surface area contributed by atoms with Crippen molar-refractivity contribution in [2.75, 3.05) is 13.2 Å². The summed E-state index contributed by atoms with van der Waals surface area (Å²) in [6.07, 6.45) is 35.4. The van der Waals surface area contributed by atoms with Gasteiger partial charge in [0.25, 0.3) is 0 Å². The molecule has 0 saturated carbocycles. The molecule has 302 valence electrons. The second kappa shape index (κ2) is 38.1. The Morgan fingerprint density at radius 1 is 0.412 bits per heavy atom. The molecule has 0 fully saturated rings. The number of hydrogen-bond donors (Lipinski definition) is 0. The third kappa shape index (κ3) is 38.0. The van der Waals surface area contributed by atoms with Gasteiger partial charge in [-0.25, -0.2) is 0 Å². The van der Waals surface area contributed by atoms with Crippen LogP contribution in [-0.4, -0.2) is 37.2 Å². The molecular weight excluding hydrogens is 636 g/mol. The monoisotopic (exact) mass is 723 g/mol. The summed E-state index contributed by atoms with van der Waals surface area (Å²) < 4.78 is 16.6. The SMILES string of the molecule is CCCCCCCC(=O)OC[C@@H](COC(=O)CCCCCCCCCCCCC(C)CC)OC(=O)CCCCCCCCCCCCCC(C)C. The molecule has 0 N–H and O–H groups in total. The fraction of sp³-hybridized carbons (Fsp3) is 0.933. The summed E-state index contributed by atoms with van der Waals surface area (Å²) in [7, 11) is 0. The topological polar surface area (TPSA) is 78.9 Å². The van der Waals surface area contributed by atoms with Crippen molar-refractivity contribution < 1.29 is 28.6 Å². The van der Waals surface area contributed by atoms with Crippen molar-refractivity contribution in [2.24, 2.45) is 11.8 Å². The third-order valence-corrected chi connectivity index (χ3v) is 10.3. The molecule has 0 aliphatic heterocycles. The van der Waals surface area contributed by atoms with Crippen LogP contribution in [0.1, 0.15) is 240 Å². The van der Waals surface area contributed by atoms with Gasteiger partial charge in [-0.1, -0.05) is 202 Å². The molecule has 0 aromatic carbocycles. The van der Waals surface area contributed by atoms with Gasteiger partial charge in [0.2, 0.25) is 0 Å². The van der Waals surface area contributed by atoms with Crippen LogP contribution in [0.2, 0.25) is 0 Å². The molecule has 0 rings (SSSR count). The van der Waals surface area contributed by atoms with Crippen LogP contribution < -0.4 is 0 Å². The van der Waals surface area contributed by atoms with Gasteiger partial charge in [-0.15, -0.1) is 0 Å². The van der Waals surface area contributed by atoms with Gasteiger partial charge < -0.3 is 14.2 Å².